The van der Waals surface area contributed by atoms with Gasteiger partial charge in [-0.05, 0) is 96.1 Å². The van der Waals surface area contributed by atoms with Gasteiger partial charge in [0.1, 0.15) is 29.5 Å². The lowest BCUT2D eigenvalue weighted by Crippen LogP contribution is -2.00. The second kappa shape index (κ2) is 16.4. The number of hydrogen-bond acceptors (Lipinski definition) is 13. The number of oxime groups is 1. The summed E-state index contributed by atoms with van der Waals surface area (Å²) < 4.78 is 5.99. The molecular formula is C43H31ClN8O5. The Labute approximate surface area is 330 Å². The molecule has 1 aromatic heterocycles. The minimum Gasteiger partial charge on any atom is -0.505 e. The fourth-order valence-corrected chi connectivity index (χ4v) is 6.12. The van der Waals surface area contributed by atoms with Crippen LogP contribution in [0.15, 0.2) is 163 Å². The van der Waals surface area contributed by atoms with Gasteiger partial charge in [-0.2, -0.15) is 10.2 Å². The van der Waals surface area contributed by atoms with Crippen LogP contribution in [-0.2, 0) is 16.3 Å². The molecule has 57 heavy (non-hydrogen) atoms. The lowest BCUT2D eigenvalue weighted by Gasteiger charge is -2.10. The Morgan fingerprint density at radius 2 is 1.21 bits per heavy atom. The Morgan fingerprint density at radius 3 is 1.82 bits per heavy atom. The zero-order chi connectivity index (χ0) is 39.1. The summed E-state index contributed by atoms with van der Waals surface area (Å²) in [7, 11) is 0. The van der Waals surface area contributed by atoms with E-state index in [2.05, 4.69) is 41.3 Å². The van der Waals surface area contributed by atoms with Crippen molar-refractivity contribution >= 4 is 68.0 Å². The molecule has 0 fully saturated rings. The number of nitrogens with zero attached hydrogens (tertiary/aromatic N) is 7. The van der Waals surface area contributed by atoms with E-state index in [1.54, 1.807) is 60.7 Å². The Morgan fingerprint density at radius 1 is 0.667 bits per heavy atom. The first-order valence-corrected chi connectivity index (χ1v) is 17.9. The number of aromatic nitrogens is 2. The second-order valence-electron chi connectivity index (χ2n) is 12.7. The van der Waals surface area contributed by atoms with Crippen LogP contribution in [0, 0.1) is 6.92 Å². The average molecular weight is 775 g/mol. The molecule has 14 heteroatoms. The zero-order valence-electron chi connectivity index (χ0n) is 30.1. The summed E-state index contributed by atoms with van der Waals surface area (Å²) in [5.41, 5.74) is 7.63. The number of benzene rings is 7. The number of fused-ring (bicyclic) bond motifs is 2. The monoisotopic (exact) mass is 774 g/mol. The van der Waals surface area contributed by atoms with Gasteiger partial charge in [-0.3, -0.25) is 0 Å². The molecule has 1 heterocycles. The lowest BCUT2D eigenvalue weighted by atomic mass is 10.0. The molecule has 280 valence electrons. The molecule has 0 spiro atoms. The van der Waals surface area contributed by atoms with Crippen molar-refractivity contribution in [1.29, 1.82) is 0 Å². The van der Waals surface area contributed by atoms with Gasteiger partial charge in [0.2, 0.25) is 18.2 Å². The molecule has 0 radical (unpaired) electrons. The third-order valence-corrected chi connectivity index (χ3v) is 9.21. The molecule has 0 unspecified atom stereocenters. The molecule has 0 saturated carbocycles. The van der Waals surface area contributed by atoms with E-state index >= 15 is 0 Å². The van der Waals surface area contributed by atoms with Gasteiger partial charge in [0, 0.05) is 27.5 Å². The van der Waals surface area contributed by atoms with Crippen molar-refractivity contribution in [1.82, 2.24) is 10.2 Å². The van der Waals surface area contributed by atoms with E-state index < -0.39 is 0 Å². The molecular weight excluding hydrogens is 744 g/mol. The number of anilines is 1. The maximum absolute atomic E-state index is 11.2. The van der Waals surface area contributed by atoms with Crippen LogP contribution in [0.5, 0.6) is 11.5 Å². The number of rotatable bonds is 12. The fourth-order valence-electron chi connectivity index (χ4n) is 5.95. The average Bonchev–Trinajstić information content (AvgIpc) is 3.74. The zero-order valence-corrected chi connectivity index (χ0v) is 30.9. The number of azo groups is 2. The maximum atomic E-state index is 11.2. The Hall–Kier alpha value is -7.64. The van der Waals surface area contributed by atoms with Gasteiger partial charge in [-0.25, -0.2) is 5.48 Å². The number of phenolic OH excluding ortho intramolecular Hbond substituents is 2. The van der Waals surface area contributed by atoms with Gasteiger partial charge < -0.3 is 24.3 Å². The molecule has 7 aromatic carbocycles. The molecule has 0 atom stereocenters. The van der Waals surface area contributed by atoms with Crippen molar-refractivity contribution in [3.8, 4) is 34.4 Å². The van der Waals surface area contributed by atoms with Crippen molar-refractivity contribution < 1.29 is 24.3 Å². The molecule has 3 N–H and O–H groups in total. The number of halogens is 1. The molecule has 8 rings (SSSR count). The maximum Gasteiger partial charge on any atom is 0.248 e. The minimum atomic E-state index is -0.0898. The molecule has 0 bridgehead atoms. The normalized spacial score (nSPS) is 11.7. The van der Waals surface area contributed by atoms with Crippen LogP contribution >= 0.6 is 11.6 Å². The van der Waals surface area contributed by atoms with E-state index in [1.165, 1.54) is 0 Å². The topological polar surface area (TPSA) is 172 Å². The molecule has 13 nitrogen and oxygen atoms in total. The fraction of sp³-hybridized carbons (Fsp3) is 0.0465. The van der Waals surface area contributed by atoms with Crippen molar-refractivity contribution in [2.75, 3.05) is 5.48 Å². The standard InChI is InChI=1S/C43H31ClN8O5/c1-26-22-29-8-2-4-10-34(29)38(40(26)53)48-46-32-18-14-27(15-19-32)42-50-51-43(57-42)28-16-20-33(21-17-28)47-49-39-35-11-5-3-9-30(35)23-31(41(39)54)24-55-45-25-56-52-37-13-7-6-12-36(37)44/h2-23,25,52-54H,24H2,1H3. The van der Waals surface area contributed by atoms with E-state index in [4.69, 9.17) is 25.7 Å². The van der Waals surface area contributed by atoms with Crippen molar-refractivity contribution in [2.24, 2.45) is 25.6 Å². The SMILES string of the molecule is Cc1cc2ccccc2c(N=Nc2ccc(-c3nnc(-c4ccc(N=Nc5c(O)c(CON=CONc6ccccc6Cl)cc6ccccc56)cc4)o3)cc2)c1O. The summed E-state index contributed by atoms with van der Waals surface area (Å²) in [6, 6.07) is 40.3. The van der Waals surface area contributed by atoms with Crippen molar-refractivity contribution in [3.63, 3.8) is 0 Å². The number of aromatic hydroxyl groups is 2. The first-order valence-electron chi connectivity index (χ1n) is 17.5. The summed E-state index contributed by atoms with van der Waals surface area (Å²) in [6.07, 6.45) is 1.08. The quantitative estimate of drug-likeness (QED) is 0.0476. The van der Waals surface area contributed by atoms with Gasteiger partial charge in [-0.15, -0.1) is 20.4 Å². The van der Waals surface area contributed by atoms with Crippen LogP contribution in [0.25, 0.3) is 44.5 Å². The van der Waals surface area contributed by atoms with Gasteiger partial charge in [0.05, 0.1) is 22.1 Å². The van der Waals surface area contributed by atoms with Gasteiger partial charge in [0.25, 0.3) is 0 Å². The second-order valence-corrected chi connectivity index (χ2v) is 13.1. The highest BCUT2D eigenvalue weighted by Gasteiger charge is 2.15. The number of hydrogen-bond donors (Lipinski definition) is 3. The number of nitrogens with one attached hydrogen (secondary N) is 1. The van der Waals surface area contributed by atoms with E-state index in [9.17, 15) is 10.2 Å². The highest BCUT2D eigenvalue weighted by Crippen LogP contribution is 2.41. The predicted molar refractivity (Wildman–Crippen MR) is 219 cm³/mol. The van der Waals surface area contributed by atoms with Crippen LogP contribution in [0.4, 0.5) is 28.4 Å². The third-order valence-electron chi connectivity index (χ3n) is 8.88. The summed E-state index contributed by atoms with van der Waals surface area (Å²) in [4.78, 5) is 10.5. The van der Waals surface area contributed by atoms with Gasteiger partial charge >= 0.3 is 0 Å². The van der Waals surface area contributed by atoms with Crippen molar-refractivity contribution in [3.05, 3.63) is 150 Å². The predicted octanol–water partition coefficient (Wildman–Crippen LogP) is 12.4. The number of para-hydroxylation sites is 1. The Balaban J connectivity index is 0.927. The molecule has 0 aliphatic carbocycles. The molecule has 0 saturated heterocycles. The molecule has 0 aliphatic rings. The Kier molecular flexibility index (Phi) is 10.4. The summed E-state index contributed by atoms with van der Waals surface area (Å²) in [5.74, 6) is 0.663. The summed E-state index contributed by atoms with van der Waals surface area (Å²) in [6.45, 7) is 1.78. The summed E-state index contributed by atoms with van der Waals surface area (Å²) in [5, 5.41) is 55.5. The molecule has 8 aromatic rings. The Bertz CT molecular complexity index is 2810. The van der Waals surface area contributed by atoms with Crippen LogP contribution < -0.4 is 5.48 Å². The highest BCUT2D eigenvalue weighted by molar-refractivity contribution is 6.33. The highest BCUT2D eigenvalue weighted by atomic mass is 35.5. The van der Waals surface area contributed by atoms with Crippen LogP contribution in [-0.4, -0.2) is 26.8 Å². The van der Waals surface area contributed by atoms with E-state index in [0.29, 0.717) is 61.6 Å². The van der Waals surface area contributed by atoms with Gasteiger partial charge in [-0.1, -0.05) is 77.4 Å². The van der Waals surface area contributed by atoms with Crippen LogP contribution in [0.2, 0.25) is 5.02 Å². The van der Waals surface area contributed by atoms with Crippen LogP contribution in [0.3, 0.4) is 0 Å². The largest absolute Gasteiger partial charge is 0.505 e. The molecule has 0 amide bonds. The summed E-state index contributed by atoms with van der Waals surface area (Å²) >= 11 is 6.10. The number of phenols is 2. The van der Waals surface area contributed by atoms with Crippen LogP contribution in [0.1, 0.15) is 11.1 Å². The van der Waals surface area contributed by atoms with E-state index in [0.717, 1.165) is 28.1 Å². The first-order chi connectivity index (χ1) is 27.9. The smallest absolute Gasteiger partial charge is 0.248 e. The minimum absolute atomic E-state index is 0.0572. The van der Waals surface area contributed by atoms with Gasteiger partial charge in [0.15, 0.2) is 0 Å². The third kappa shape index (κ3) is 8.09. The first kappa shape index (κ1) is 36.3. The number of aryl methyl sites for hydroxylation is 1. The van der Waals surface area contributed by atoms with E-state index in [-0.39, 0.29) is 23.8 Å². The lowest BCUT2D eigenvalue weighted by molar-refractivity contribution is 0.123. The molecule has 0 aliphatic heterocycles. The van der Waals surface area contributed by atoms with Crippen molar-refractivity contribution in [2.45, 2.75) is 13.5 Å². The van der Waals surface area contributed by atoms with E-state index in [1.807, 2.05) is 79.7 Å².